The highest BCUT2D eigenvalue weighted by molar-refractivity contribution is 8.02. The summed E-state index contributed by atoms with van der Waals surface area (Å²) in [4.78, 5) is 0.951. The molecule has 0 unspecified atom stereocenters. The molecular weight excluding hydrogens is 269 g/mol. The minimum atomic E-state index is -4.30. The standard InChI is InChI=1S/C10H7F3N2S2/c11-10(12,13)17-8-6-14-15-9(8)16-7-4-2-1-3-5-7/h1-6H,(H,14,15). The van der Waals surface area contributed by atoms with Crippen LogP contribution in [0.3, 0.4) is 0 Å². The molecule has 0 spiro atoms. The van der Waals surface area contributed by atoms with Crippen LogP contribution in [0.1, 0.15) is 0 Å². The fourth-order valence-corrected chi connectivity index (χ4v) is 2.66. The van der Waals surface area contributed by atoms with Crippen LogP contribution in [0.15, 0.2) is 51.3 Å². The van der Waals surface area contributed by atoms with Gasteiger partial charge >= 0.3 is 5.51 Å². The molecule has 1 aromatic carbocycles. The maximum atomic E-state index is 12.2. The van der Waals surface area contributed by atoms with Crippen molar-refractivity contribution in [2.24, 2.45) is 0 Å². The Labute approximate surface area is 104 Å². The summed E-state index contributed by atoms with van der Waals surface area (Å²) < 4.78 is 36.7. The van der Waals surface area contributed by atoms with E-state index in [1.165, 1.54) is 18.0 Å². The number of aromatic nitrogens is 2. The van der Waals surface area contributed by atoms with Crippen molar-refractivity contribution >= 4 is 23.5 Å². The minimum absolute atomic E-state index is 0.0892. The van der Waals surface area contributed by atoms with E-state index in [9.17, 15) is 13.2 Å². The minimum Gasteiger partial charge on any atom is -0.270 e. The third-order valence-corrected chi connectivity index (χ3v) is 3.67. The molecule has 0 fully saturated rings. The molecule has 0 aliphatic rings. The van der Waals surface area contributed by atoms with Crippen molar-refractivity contribution in [3.63, 3.8) is 0 Å². The Kier molecular flexibility index (Phi) is 3.68. The van der Waals surface area contributed by atoms with Crippen LogP contribution < -0.4 is 0 Å². The summed E-state index contributed by atoms with van der Waals surface area (Å²) in [5, 5.41) is 6.61. The van der Waals surface area contributed by atoms with Crippen molar-refractivity contribution in [3.05, 3.63) is 36.5 Å². The number of thioether (sulfide) groups is 1. The Hall–Kier alpha value is -1.08. The van der Waals surface area contributed by atoms with E-state index < -0.39 is 5.51 Å². The second kappa shape index (κ2) is 5.05. The number of halogens is 3. The van der Waals surface area contributed by atoms with Crippen molar-refractivity contribution < 1.29 is 13.2 Å². The van der Waals surface area contributed by atoms with Crippen molar-refractivity contribution in [2.45, 2.75) is 20.3 Å². The van der Waals surface area contributed by atoms with Crippen LogP contribution in [0.5, 0.6) is 0 Å². The molecule has 2 aromatic rings. The summed E-state index contributed by atoms with van der Waals surface area (Å²) in [6, 6.07) is 9.16. The molecule has 0 amide bonds. The van der Waals surface area contributed by atoms with Crippen molar-refractivity contribution in [1.29, 1.82) is 0 Å². The lowest BCUT2D eigenvalue weighted by Crippen LogP contribution is -1.98. The molecule has 7 heteroatoms. The lowest BCUT2D eigenvalue weighted by atomic mass is 10.4. The molecule has 90 valence electrons. The molecule has 2 nitrogen and oxygen atoms in total. The predicted molar refractivity (Wildman–Crippen MR) is 61.1 cm³/mol. The largest absolute Gasteiger partial charge is 0.446 e. The second-order valence-electron chi connectivity index (χ2n) is 3.03. The molecule has 0 aliphatic heterocycles. The van der Waals surface area contributed by atoms with Crippen LogP contribution in [0, 0.1) is 0 Å². The van der Waals surface area contributed by atoms with Gasteiger partial charge in [0.15, 0.2) is 0 Å². The van der Waals surface area contributed by atoms with Gasteiger partial charge in [0.25, 0.3) is 0 Å². The molecule has 0 saturated carbocycles. The number of alkyl halides is 3. The Morgan fingerprint density at radius 2 is 1.82 bits per heavy atom. The Morgan fingerprint density at radius 1 is 1.12 bits per heavy atom. The monoisotopic (exact) mass is 276 g/mol. The number of hydrogen-bond donors (Lipinski definition) is 1. The van der Waals surface area contributed by atoms with Crippen molar-refractivity contribution in [1.82, 2.24) is 10.2 Å². The van der Waals surface area contributed by atoms with Crippen LogP contribution >= 0.6 is 23.5 Å². The third kappa shape index (κ3) is 3.71. The van der Waals surface area contributed by atoms with Gasteiger partial charge in [-0.3, -0.25) is 5.10 Å². The number of nitrogens with zero attached hydrogens (tertiary/aromatic N) is 1. The van der Waals surface area contributed by atoms with Gasteiger partial charge in [-0.25, -0.2) is 0 Å². The topological polar surface area (TPSA) is 28.7 Å². The average molecular weight is 276 g/mol. The molecule has 1 heterocycles. The first kappa shape index (κ1) is 12.4. The van der Waals surface area contributed by atoms with E-state index in [1.807, 2.05) is 30.3 Å². The summed E-state index contributed by atoms with van der Waals surface area (Å²) in [5.74, 6) is 0. The molecule has 1 N–H and O–H groups in total. The summed E-state index contributed by atoms with van der Waals surface area (Å²) >= 11 is 1.06. The molecular formula is C10H7F3N2S2. The van der Waals surface area contributed by atoms with Crippen LogP contribution in [-0.4, -0.2) is 15.7 Å². The fourth-order valence-electron chi connectivity index (χ4n) is 1.14. The lowest BCUT2D eigenvalue weighted by molar-refractivity contribution is -0.0328. The quantitative estimate of drug-likeness (QED) is 0.853. The fraction of sp³-hybridized carbons (Fsp3) is 0.100. The zero-order valence-corrected chi connectivity index (χ0v) is 9.99. The van der Waals surface area contributed by atoms with Gasteiger partial charge < -0.3 is 0 Å². The number of H-pyrrole nitrogens is 1. The van der Waals surface area contributed by atoms with E-state index in [0.717, 1.165) is 4.90 Å². The number of rotatable bonds is 3. The van der Waals surface area contributed by atoms with Gasteiger partial charge in [0.1, 0.15) is 5.03 Å². The van der Waals surface area contributed by atoms with Gasteiger partial charge in [-0.1, -0.05) is 30.0 Å². The first-order chi connectivity index (χ1) is 8.04. The Bertz CT molecular complexity index is 482. The maximum Gasteiger partial charge on any atom is 0.446 e. The smallest absolute Gasteiger partial charge is 0.270 e. The predicted octanol–water partition coefficient (Wildman–Crippen LogP) is 4.17. The van der Waals surface area contributed by atoms with Crippen LogP contribution in [-0.2, 0) is 0 Å². The van der Waals surface area contributed by atoms with Gasteiger partial charge in [-0.15, -0.1) is 0 Å². The summed E-state index contributed by atoms with van der Waals surface area (Å²) in [6.07, 6.45) is 1.18. The zero-order valence-electron chi connectivity index (χ0n) is 8.36. The molecule has 1 aromatic heterocycles. The van der Waals surface area contributed by atoms with E-state index >= 15 is 0 Å². The van der Waals surface area contributed by atoms with Gasteiger partial charge in [-0.05, 0) is 23.9 Å². The third-order valence-electron chi connectivity index (χ3n) is 1.76. The van der Waals surface area contributed by atoms with E-state index in [4.69, 9.17) is 0 Å². The SMILES string of the molecule is FC(F)(F)Sc1cn[nH]c1Sc1ccccc1. The highest BCUT2D eigenvalue weighted by Crippen LogP contribution is 2.41. The van der Waals surface area contributed by atoms with Crippen molar-refractivity contribution in [2.75, 3.05) is 0 Å². The normalized spacial score (nSPS) is 11.7. The molecule has 17 heavy (non-hydrogen) atoms. The van der Waals surface area contributed by atoms with Crippen LogP contribution in [0.25, 0.3) is 0 Å². The van der Waals surface area contributed by atoms with Gasteiger partial charge in [0.05, 0.1) is 11.1 Å². The van der Waals surface area contributed by atoms with Crippen LogP contribution in [0.4, 0.5) is 13.2 Å². The van der Waals surface area contributed by atoms with Crippen LogP contribution in [0.2, 0.25) is 0 Å². The van der Waals surface area contributed by atoms with Gasteiger partial charge in [-0.2, -0.15) is 18.3 Å². The van der Waals surface area contributed by atoms with E-state index in [0.29, 0.717) is 5.03 Å². The number of hydrogen-bond acceptors (Lipinski definition) is 3. The molecule has 0 saturated heterocycles. The van der Waals surface area contributed by atoms with E-state index in [-0.39, 0.29) is 16.7 Å². The first-order valence-electron chi connectivity index (χ1n) is 4.56. The van der Waals surface area contributed by atoms with Gasteiger partial charge in [0, 0.05) is 4.90 Å². The maximum absolute atomic E-state index is 12.2. The first-order valence-corrected chi connectivity index (χ1v) is 6.20. The Balaban J connectivity index is 2.15. The summed E-state index contributed by atoms with van der Waals surface area (Å²) in [5.41, 5.74) is -4.30. The number of nitrogens with one attached hydrogen (secondary N) is 1. The van der Waals surface area contributed by atoms with E-state index in [2.05, 4.69) is 10.2 Å². The Morgan fingerprint density at radius 3 is 2.47 bits per heavy atom. The summed E-state index contributed by atoms with van der Waals surface area (Å²) in [7, 11) is 0. The molecule has 2 rings (SSSR count). The molecule has 0 radical (unpaired) electrons. The summed E-state index contributed by atoms with van der Waals surface area (Å²) in [6.45, 7) is 0. The highest BCUT2D eigenvalue weighted by Gasteiger charge is 2.31. The number of aromatic amines is 1. The van der Waals surface area contributed by atoms with Gasteiger partial charge in [0.2, 0.25) is 0 Å². The lowest BCUT2D eigenvalue weighted by Gasteiger charge is -2.05. The zero-order chi connectivity index (χ0) is 12.3. The second-order valence-corrected chi connectivity index (χ2v) is 5.22. The van der Waals surface area contributed by atoms with Crippen molar-refractivity contribution in [3.8, 4) is 0 Å². The average Bonchev–Trinajstić information content (AvgIpc) is 2.65. The van der Waals surface area contributed by atoms with E-state index in [1.54, 1.807) is 0 Å². The molecule has 0 atom stereocenters. The highest BCUT2D eigenvalue weighted by atomic mass is 32.2. The number of benzene rings is 1. The molecule has 0 aliphatic carbocycles. The molecule has 0 bridgehead atoms.